The van der Waals surface area contributed by atoms with Crippen LogP contribution in [-0.2, 0) is 5.41 Å². The zero-order valence-corrected chi connectivity index (χ0v) is 35.6. The lowest BCUT2D eigenvalue weighted by Gasteiger charge is -2.22. The first-order valence-electron chi connectivity index (χ1n) is 22.0. The highest BCUT2D eigenvalue weighted by Crippen LogP contribution is 2.53. The van der Waals surface area contributed by atoms with Crippen molar-refractivity contribution in [2.75, 3.05) is 0 Å². The first-order chi connectivity index (χ1) is 31.5. The average Bonchev–Trinajstić information content (AvgIpc) is 3.85. The number of furan rings is 1. The second-order valence-corrected chi connectivity index (χ2v) is 17.3. The van der Waals surface area contributed by atoms with Gasteiger partial charge in [0, 0.05) is 32.9 Å². The third-order valence-corrected chi connectivity index (χ3v) is 13.1. The van der Waals surface area contributed by atoms with E-state index in [1.807, 2.05) is 18.2 Å². The van der Waals surface area contributed by atoms with Crippen LogP contribution in [0.5, 0.6) is 0 Å². The molecule has 1 aliphatic carbocycles. The Morgan fingerprint density at radius 1 is 0.328 bits per heavy atom. The maximum Gasteiger partial charge on any atom is 0.160 e. The Bertz CT molecular complexity index is 3560. The first-order valence-corrected chi connectivity index (χ1v) is 22.0. The topological polar surface area (TPSA) is 38.9 Å². The Hall–Kier alpha value is -8.14. The third-order valence-electron chi connectivity index (χ3n) is 13.1. The SMILES string of the molecule is CC1(C)c2ccccc2-c2c(-c3ccccc3-c3cc(-c4cc(-c5ccc(-c6ccccc6)cc5)cc(-c5ccc6oc7ccccc7c6c5)c4)nc(-c4ccccc4)n3)cccc21. The molecular weight excluding hydrogens is 777 g/mol. The Labute approximate surface area is 373 Å². The van der Waals surface area contributed by atoms with Gasteiger partial charge in [0.05, 0.1) is 11.4 Å². The molecule has 2 heterocycles. The van der Waals surface area contributed by atoms with Crippen molar-refractivity contribution in [3.8, 4) is 89.5 Å². The summed E-state index contributed by atoms with van der Waals surface area (Å²) in [6.45, 7) is 4.68. The van der Waals surface area contributed by atoms with E-state index in [9.17, 15) is 0 Å². The second-order valence-electron chi connectivity index (χ2n) is 17.3. The average molecular weight is 819 g/mol. The lowest BCUT2D eigenvalue weighted by molar-refractivity contribution is 0.660. The minimum atomic E-state index is -0.112. The van der Waals surface area contributed by atoms with Crippen molar-refractivity contribution in [3.63, 3.8) is 0 Å². The summed E-state index contributed by atoms with van der Waals surface area (Å²) in [4.78, 5) is 10.8. The summed E-state index contributed by atoms with van der Waals surface area (Å²) in [5.74, 6) is 0.679. The molecule has 0 bridgehead atoms. The van der Waals surface area contributed by atoms with Gasteiger partial charge in [0.25, 0.3) is 0 Å². The van der Waals surface area contributed by atoms with Crippen molar-refractivity contribution in [2.45, 2.75) is 19.3 Å². The van der Waals surface area contributed by atoms with Crippen LogP contribution in [0.1, 0.15) is 25.0 Å². The summed E-state index contributed by atoms with van der Waals surface area (Å²) in [5.41, 5.74) is 20.8. The van der Waals surface area contributed by atoms with Crippen LogP contribution in [0.25, 0.3) is 111 Å². The van der Waals surface area contributed by atoms with Crippen molar-refractivity contribution in [3.05, 3.63) is 230 Å². The summed E-state index contributed by atoms with van der Waals surface area (Å²) in [7, 11) is 0. The summed E-state index contributed by atoms with van der Waals surface area (Å²) < 4.78 is 6.26. The van der Waals surface area contributed by atoms with Gasteiger partial charge >= 0.3 is 0 Å². The van der Waals surface area contributed by atoms with Crippen LogP contribution in [0.2, 0.25) is 0 Å². The van der Waals surface area contributed by atoms with Crippen LogP contribution in [0.15, 0.2) is 223 Å². The number of aromatic nitrogens is 2. The molecule has 0 N–H and O–H groups in total. The fraction of sp³-hybridized carbons (Fsp3) is 0.0492. The van der Waals surface area contributed by atoms with E-state index >= 15 is 0 Å². The minimum Gasteiger partial charge on any atom is -0.456 e. The molecule has 0 atom stereocenters. The number of fused-ring (bicyclic) bond motifs is 6. The maximum atomic E-state index is 6.26. The monoisotopic (exact) mass is 818 g/mol. The van der Waals surface area contributed by atoms with E-state index in [0.717, 1.165) is 77.8 Å². The lowest BCUT2D eigenvalue weighted by atomic mass is 9.81. The van der Waals surface area contributed by atoms with Crippen molar-refractivity contribution in [1.82, 2.24) is 9.97 Å². The third kappa shape index (κ3) is 6.36. The van der Waals surface area contributed by atoms with Gasteiger partial charge in [-0.3, -0.25) is 0 Å². The Morgan fingerprint density at radius 3 is 1.64 bits per heavy atom. The van der Waals surface area contributed by atoms with E-state index in [0.29, 0.717) is 5.82 Å². The van der Waals surface area contributed by atoms with Crippen LogP contribution < -0.4 is 0 Å². The minimum absolute atomic E-state index is 0.112. The number of rotatable bonds is 7. The largest absolute Gasteiger partial charge is 0.456 e. The summed E-state index contributed by atoms with van der Waals surface area (Å²) in [6, 6.07) is 78.0. The van der Waals surface area contributed by atoms with Crippen LogP contribution in [0, 0.1) is 0 Å². The number of nitrogens with zero attached hydrogens (tertiary/aromatic N) is 2. The molecule has 0 unspecified atom stereocenters. The molecule has 0 saturated heterocycles. The Kier molecular flexibility index (Phi) is 8.84. The second kappa shape index (κ2) is 15.0. The highest BCUT2D eigenvalue weighted by atomic mass is 16.3. The predicted molar refractivity (Wildman–Crippen MR) is 265 cm³/mol. The Morgan fingerprint density at radius 2 is 0.859 bits per heavy atom. The van der Waals surface area contributed by atoms with Gasteiger partial charge in [0.1, 0.15) is 11.2 Å². The molecular formula is C61H42N2O. The molecule has 0 amide bonds. The molecule has 64 heavy (non-hydrogen) atoms. The maximum absolute atomic E-state index is 6.26. The van der Waals surface area contributed by atoms with Crippen molar-refractivity contribution < 1.29 is 4.42 Å². The smallest absolute Gasteiger partial charge is 0.160 e. The fourth-order valence-electron chi connectivity index (χ4n) is 9.87. The molecule has 0 saturated carbocycles. The van der Waals surface area contributed by atoms with E-state index < -0.39 is 0 Å². The standard InChI is InChI=1S/C61H42N2O/c1-61(2)53-25-13-11-23-51(53)59-50(24-15-26-54(59)61)47-20-9-10-21-48(47)56-38-55(62-60(63-56)42-18-7-4-8-19-42)46-35-44(41-30-28-40(29-31-41)39-16-5-3-6-17-39)34-45(36-46)43-32-33-58-52(37-43)49-22-12-14-27-57(49)64-58/h3-38H,1-2H3. The molecule has 12 rings (SSSR count). The summed E-state index contributed by atoms with van der Waals surface area (Å²) in [6.07, 6.45) is 0. The number of hydrogen-bond donors (Lipinski definition) is 0. The van der Waals surface area contributed by atoms with Gasteiger partial charge in [-0.15, -0.1) is 0 Å². The van der Waals surface area contributed by atoms with Gasteiger partial charge in [-0.05, 0) is 109 Å². The normalized spacial score (nSPS) is 12.7. The molecule has 3 nitrogen and oxygen atoms in total. The molecule has 9 aromatic carbocycles. The summed E-state index contributed by atoms with van der Waals surface area (Å²) >= 11 is 0. The van der Waals surface area contributed by atoms with E-state index in [4.69, 9.17) is 14.4 Å². The molecule has 3 heteroatoms. The van der Waals surface area contributed by atoms with Crippen LogP contribution in [-0.4, -0.2) is 9.97 Å². The zero-order chi connectivity index (χ0) is 42.8. The Balaban J connectivity index is 1.06. The highest BCUT2D eigenvalue weighted by Gasteiger charge is 2.36. The van der Waals surface area contributed by atoms with Gasteiger partial charge in [0.2, 0.25) is 0 Å². The zero-order valence-electron chi connectivity index (χ0n) is 35.6. The number of benzene rings is 9. The van der Waals surface area contributed by atoms with E-state index in [1.54, 1.807) is 0 Å². The molecule has 0 spiro atoms. The van der Waals surface area contributed by atoms with E-state index in [1.165, 1.54) is 38.9 Å². The molecule has 1 aliphatic rings. The van der Waals surface area contributed by atoms with E-state index in [2.05, 4.69) is 214 Å². The molecule has 302 valence electrons. The molecule has 0 radical (unpaired) electrons. The number of para-hydroxylation sites is 1. The van der Waals surface area contributed by atoms with Gasteiger partial charge in [-0.25, -0.2) is 9.97 Å². The molecule has 11 aromatic rings. The van der Waals surface area contributed by atoms with Crippen LogP contribution in [0.4, 0.5) is 0 Å². The predicted octanol–water partition coefficient (Wildman–Crippen LogP) is 16.4. The first kappa shape index (κ1) is 37.6. The molecule has 0 aliphatic heterocycles. The summed E-state index contributed by atoms with van der Waals surface area (Å²) in [5, 5.41) is 2.20. The quantitative estimate of drug-likeness (QED) is 0.161. The van der Waals surface area contributed by atoms with Gasteiger partial charge in [-0.2, -0.15) is 0 Å². The van der Waals surface area contributed by atoms with Crippen molar-refractivity contribution in [2.24, 2.45) is 0 Å². The van der Waals surface area contributed by atoms with Gasteiger partial charge in [-0.1, -0.05) is 190 Å². The van der Waals surface area contributed by atoms with Crippen LogP contribution in [0.3, 0.4) is 0 Å². The lowest BCUT2D eigenvalue weighted by Crippen LogP contribution is -2.14. The van der Waals surface area contributed by atoms with Gasteiger partial charge in [0.15, 0.2) is 5.82 Å². The van der Waals surface area contributed by atoms with Crippen LogP contribution >= 0.6 is 0 Å². The van der Waals surface area contributed by atoms with E-state index in [-0.39, 0.29) is 5.41 Å². The molecule has 0 fully saturated rings. The molecule has 2 aromatic heterocycles. The van der Waals surface area contributed by atoms with Gasteiger partial charge < -0.3 is 4.42 Å². The highest BCUT2D eigenvalue weighted by molar-refractivity contribution is 6.06. The van der Waals surface area contributed by atoms with Crippen molar-refractivity contribution in [1.29, 1.82) is 0 Å². The number of hydrogen-bond acceptors (Lipinski definition) is 3. The van der Waals surface area contributed by atoms with Crippen molar-refractivity contribution >= 4 is 21.9 Å². The fourth-order valence-corrected chi connectivity index (χ4v) is 9.87.